The molecule has 8 atom stereocenters. The van der Waals surface area contributed by atoms with Gasteiger partial charge in [0.15, 0.2) is 0 Å². The number of aliphatic hydroxyl groups is 3. The van der Waals surface area contributed by atoms with E-state index in [4.69, 9.17) is 10.5 Å². The average Bonchev–Trinajstić information content (AvgIpc) is 2.99. The van der Waals surface area contributed by atoms with Crippen molar-refractivity contribution in [1.82, 2.24) is 10.2 Å². The molecule has 9 heteroatoms. The summed E-state index contributed by atoms with van der Waals surface area (Å²) >= 11 is 1.24. The number of aliphatic hydroxyl groups excluding tert-OH is 3. The minimum Gasteiger partial charge on any atom is -0.388 e. The average molecular weight is 392 g/mol. The molecule has 0 aromatic heterocycles. The SMILES string of the molecule is CCC[C@@H]1C[C@@H](C(=O)N[C@H](CN)[C@H]2OC(SC)[C@H](O)[C@H](O)C2O)N(C)C1. The minimum absolute atomic E-state index is 0.0617. The largest absolute Gasteiger partial charge is 0.388 e. The van der Waals surface area contributed by atoms with Gasteiger partial charge < -0.3 is 31.1 Å². The Balaban J connectivity index is 2.02. The number of carbonyl (C=O) groups is 1. The molecule has 2 heterocycles. The topological polar surface area (TPSA) is 128 Å². The molecule has 2 fully saturated rings. The number of nitrogens with one attached hydrogen (secondary N) is 1. The van der Waals surface area contributed by atoms with Crippen LogP contribution in [0.1, 0.15) is 26.2 Å². The van der Waals surface area contributed by atoms with Crippen molar-refractivity contribution in [3.05, 3.63) is 0 Å². The number of hydrogen-bond acceptors (Lipinski definition) is 8. The van der Waals surface area contributed by atoms with E-state index in [0.29, 0.717) is 5.92 Å². The number of ether oxygens (including phenoxy) is 1. The summed E-state index contributed by atoms with van der Waals surface area (Å²) in [6.45, 7) is 3.09. The van der Waals surface area contributed by atoms with Gasteiger partial charge in [-0.2, -0.15) is 0 Å². The molecule has 2 unspecified atom stereocenters. The van der Waals surface area contributed by atoms with E-state index in [1.165, 1.54) is 11.8 Å². The van der Waals surface area contributed by atoms with Crippen LogP contribution in [0, 0.1) is 5.92 Å². The smallest absolute Gasteiger partial charge is 0.237 e. The maximum absolute atomic E-state index is 12.8. The van der Waals surface area contributed by atoms with E-state index in [1.807, 2.05) is 11.9 Å². The van der Waals surface area contributed by atoms with Crippen molar-refractivity contribution in [2.24, 2.45) is 11.7 Å². The van der Waals surface area contributed by atoms with E-state index >= 15 is 0 Å². The number of likely N-dealkylation sites (N-methyl/N-ethyl adjacent to an activating group) is 1. The van der Waals surface area contributed by atoms with Crippen molar-refractivity contribution in [3.63, 3.8) is 0 Å². The van der Waals surface area contributed by atoms with E-state index in [2.05, 4.69) is 12.2 Å². The van der Waals surface area contributed by atoms with Gasteiger partial charge in [-0.1, -0.05) is 13.3 Å². The molecule has 1 amide bonds. The summed E-state index contributed by atoms with van der Waals surface area (Å²) in [6.07, 6.45) is -0.00582. The Morgan fingerprint density at radius 3 is 2.62 bits per heavy atom. The molecule has 0 saturated carbocycles. The van der Waals surface area contributed by atoms with Gasteiger partial charge in [0.1, 0.15) is 29.9 Å². The summed E-state index contributed by atoms with van der Waals surface area (Å²) in [5, 5.41) is 33.2. The Labute approximate surface area is 159 Å². The maximum atomic E-state index is 12.8. The molecule has 8 nitrogen and oxygen atoms in total. The first kappa shape index (κ1) is 21.9. The highest BCUT2D eigenvalue weighted by atomic mass is 32.2. The number of nitrogens with zero attached hydrogens (tertiary/aromatic N) is 1. The zero-order valence-electron chi connectivity index (χ0n) is 15.7. The molecule has 0 aliphatic carbocycles. The summed E-state index contributed by atoms with van der Waals surface area (Å²) < 4.78 is 5.73. The van der Waals surface area contributed by atoms with Gasteiger partial charge in [0.25, 0.3) is 0 Å². The second kappa shape index (κ2) is 9.68. The fourth-order valence-electron chi connectivity index (χ4n) is 3.98. The molecule has 0 radical (unpaired) electrons. The standard InChI is InChI=1S/C17H33N3O5S/c1-4-5-9-6-11(20(2)8-9)16(24)19-10(7-18)15-13(22)12(21)14(23)17(25-15)26-3/h9-15,17,21-23H,4-8,18H2,1-3H3,(H,19,24)/t9-,10-,11+,12-,13?,14-,15-,17?/m1/s1. The van der Waals surface area contributed by atoms with Crippen LogP contribution >= 0.6 is 11.8 Å². The number of carbonyl (C=O) groups excluding carboxylic acids is 1. The van der Waals surface area contributed by atoms with Crippen LogP contribution < -0.4 is 11.1 Å². The van der Waals surface area contributed by atoms with Crippen LogP contribution in [-0.4, -0.2) is 94.5 Å². The molecule has 2 aliphatic heterocycles. The van der Waals surface area contributed by atoms with E-state index in [-0.39, 0.29) is 18.5 Å². The third-order valence-electron chi connectivity index (χ3n) is 5.45. The molecule has 6 N–H and O–H groups in total. The fraction of sp³-hybridized carbons (Fsp3) is 0.941. The Morgan fingerprint density at radius 1 is 1.35 bits per heavy atom. The zero-order chi connectivity index (χ0) is 19.4. The quantitative estimate of drug-likeness (QED) is 0.363. The van der Waals surface area contributed by atoms with Crippen molar-refractivity contribution < 1.29 is 24.9 Å². The van der Waals surface area contributed by atoms with Crippen molar-refractivity contribution in [2.45, 2.75) is 68.1 Å². The van der Waals surface area contributed by atoms with Crippen LogP contribution in [0.15, 0.2) is 0 Å². The van der Waals surface area contributed by atoms with E-state index in [0.717, 1.165) is 25.8 Å². The van der Waals surface area contributed by atoms with E-state index < -0.39 is 35.9 Å². The number of rotatable bonds is 7. The predicted octanol–water partition coefficient (Wildman–Crippen LogP) is -1.28. The molecule has 2 saturated heterocycles. The van der Waals surface area contributed by atoms with Crippen LogP contribution in [0.4, 0.5) is 0 Å². The number of thioether (sulfide) groups is 1. The van der Waals surface area contributed by atoms with Crippen molar-refractivity contribution in [3.8, 4) is 0 Å². The van der Waals surface area contributed by atoms with Crippen LogP contribution in [0.25, 0.3) is 0 Å². The molecule has 152 valence electrons. The van der Waals surface area contributed by atoms with Gasteiger partial charge in [-0.3, -0.25) is 9.69 Å². The molecule has 0 aromatic carbocycles. The molecule has 2 aliphatic rings. The Hall–Kier alpha value is -0.420. The van der Waals surface area contributed by atoms with Crippen molar-refractivity contribution in [2.75, 3.05) is 26.4 Å². The summed E-state index contributed by atoms with van der Waals surface area (Å²) in [5.41, 5.74) is 5.13. The Kier molecular flexibility index (Phi) is 8.14. The normalized spacial score (nSPS) is 39.7. The van der Waals surface area contributed by atoms with Crippen LogP contribution in [-0.2, 0) is 9.53 Å². The molecule has 26 heavy (non-hydrogen) atoms. The molecular weight excluding hydrogens is 358 g/mol. The predicted molar refractivity (Wildman–Crippen MR) is 101 cm³/mol. The highest BCUT2D eigenvalue weighted by molar-refractivity contribution is 7.99. The van der Waals surface area contributed by atoms with Gasteiger partial charge in [0, 0.05) is 13.1 Å². The Bertz CT molecular complexity index is 470. The number of likely N-dealkylation sites (tertiary alicyclic amines) is 1. The summed E-state index contributed by atoms with van der Waals surface area (Å²) in [5.74, 6) is 0.366. The Morgan fingerprint density at radius 2 is 2.04 bits per heavy atom. The molecule has 0 aromatic rings. The first-order valence-electron chi connectivity index (χ1n) is 9.27. The van der Waals surface area contributed by atoms with Gasteiger partial charge in [-0.05, 0) is 32.1 Å². The molecule has 0 spiro atoms. The fourth-order valence-corrected chi connectivity index (χ4v) is 4.66. The second-order valence-electron chi connectivity index (χ2n) is 7.37. The number of hydrogen-bond donors (Lipinski definition) is 5. The van der Waals surface area contributed by atoms with Gasteiger partial charge in [0.2, 0.25) is 5.91 Å². The highest BCUT2D eigenvalue weighted by Crippen LogP contribution is 2.29. The maximum Gasteiger partial charge on any atom is 0.237 e. The third kappa shape index (κ3) is 4.70. The first-order chi connectivity index (χ1) is 12.3. The highest BCUT2D eigenvalue weighted by Gasteiger charge is 2.47. The summed E-state index contributed by atoms with van der Waals surface area (Å²) in [6, 6.07) is -0.874. The lowest BCUT2D eigenvalue weighted by Crippen LogP contribution is -2.65. The van der Waals surface area contributed by atoms with Crippen LogP contribution in [0.2, 0.25) is 0 Å². The van der Waals surface area contributed by atoms with Crippen LogP contribution in [0.3, 0.4) is 0 Å². The van der Waals surface area contributed by atoms with Gasteiger partial charge in [-0.25, -0.2) is 0 Å². The lowest BCUT2D eigenvalue weighted by molar-refractivity contribution is -0.204. The van der Waals surface area contributed by atoms with Gasteiger partial charge in [-0.15, -0.1) is 11.8 Å². The first-order valence-corrected chi connectivity index (χ1v) is 10.6. The van der Waals surface area contributed by atoms with Crippen molar-refractivity contribution >= 4 is 17.7 Å². The lowest BCUT2D eigenvalue weighted by Gasteiger charge is -2.43. The number of nitrogens with two attached hydrogens (primary N) is 1. The number of amides is 1. The summed E-state index contributed by atoms with van der Waals surface area (Å²) in [4.78, 5) is 14.8. The molecule has 2 rings (SSSR count). The van der Waals surface area contributed by atoms with Gasteiger partial charge >= 0.3 is 0 Å². The third-order valence-corrected chi connectivity index (χ3v) is 6.31. The molecule has 0 bridgehead atoms. The molecular formula is C17H33N3O5S. The van der Waals surface area contributed by atoms with E-state index in [9.17, 15) is 20.1 Å². The lowest BCUT2D eigenvalue weighted by atomic mass is 9.94. The van der Waals surface area contributed by atoms with Crippen LogP contribution in [0.5, 0.6) is 0 Å². The minimum atomic E-state index is -1.35. The zero-order valence-corrected chi connectivity index (χ0v) is 16.6. The van der Waals surface area contributed by atoms with Gasteiger partial charge in [0.05, 0.1) is 12.1 Å². The van der Waals surface area contributed by atoms with E-state index in [1.54, 1.807) is 6.26 Å². The van der Waals surface area contributed by atoms with Crippen molar-refractivity contribution in [1.29, 1.82) is 0 Å². The second-order valence-corrected chi connectivity index (χ2v) is 8.31. The monoisotopic (exact) mass is 391 g/mol. The summed E-state index contributed by atoms with van der Waals surface area (Å²) in [7, 11) is 1.94.